The fourth-order valence-electron chi connectivity index (χ4n) is 3.89. The Hall–Kier alpha value is -4.81. The summed E-state index contributed by atoms with van der Waals surface area (Å²) < 4.78 is 34.4. The number of nitrogens with zero attached hydrogens (tertiary/aromatic N) is 6. The van der Waals surface area contributed by atoms with Gasteiger partial charge in [-0.2, -0.15) is 10.1 Å². The number of imidazole rings is 1. The number of amides is 1. The number of aromatic nitrogens is 7. The molecule has 0 aliphatic carbocycles. The molecule has 5 rings (SSSR count). The highest BCUT2D eigenvalue weighted by Gasteiger charge is 2.24. The number of hydrogen-bond donors (Lipinski definition) is 2. The third kappa shape index (κ3) is 5.15. The van der Waals surface area contributed by atoms with Crippen LogP contribution in [0.25, 0.3) is 33.8 Å². The van der Waals surface area contributed by atoms with Crippen LogP contribution in [-0.2, 0) is 19.0 Å². The van der Waals surface area contributed by atoms with E-state index in [9.17, 15) is 18.4 Å². The van der Waals surface area contributed by atoms with E-state index in [-0.39, 0.29) is 29.1 Å². The van der Waals surface area contributed by atoms with E-state index < -0.39 is 17.7 Å². The topological polar surface area (TPSA) is 144 Å². The number of fused-ring (bicyclic) bond motifs is 1. The number of carbonyl (C=O) groups is 1. The molecule has 0 aliphatic heterocycles. The van der Waals surface area contributed by atoms with Crippen LogP contribution in [0.3, 0.4) is 0 Å². The number of halogens is 2. The molecule has 5 aromatic rings. The van der Waals surface area contributed by atoms with Crippen molar-refractivity contribution in [3.63, 3.8) is 0 Å². The van der Waals surface area contributed by atoms with E-state index in [1.54, 1.807) is 18.3 Å². The van der Waals surface area contributed by atoms with Crippen LogP contribution in [0.2, 0.25) is 0 Å². The van der Waals surface area contributed by atoms with Gasteiger partial charge in [0.1, 0.15) is 11.2 Å². The lowest BCUT2D eigenvalue weighted by molar-refractivity contribution is 0.0905. The number of carbonyl (C=O) groups excluding carboxylic acids is 1. The minimum Gasteiger partial charge on any atom is -0.344 e. The van der Waals surface area contributed by atoms with Crippen LogP contribution >= 0.6 is 0 Å². The highest BCUT2D eigenvalue weighted by atomic mass is 19.3. The average molecular weight is 535 g/mol. The van der Waals surface area contributed by atoms with Gasteiger partial charge in [-0.3, -0.25) is 9.59 Å². The van der Waals surface area contributed by atoms with Crippen molar-refractivity contribution in [1.82, 2.24) is 40.2 Å². The number of aromatic amines is 1. The largest absolute Gasteiger partial charge is 0.344 e. The number of pyridine rings is 1. The summed E-state index contributed by atoms with van der Waals surface area (Å²) in [4.78, 5) is 40.2. The molecule has 200 valence electrons. The number of benzene rings is 1. The van der Waals surface area contributed by atoms with Gasteiger partial charge in [-0.1, -0.05) is 38.1 Å². The van der Waals surface area contributed by atoms with Gasteiger partial charge < -0.3 is 14.8 Å². The fourth-order valence-corrected chi connectivity index (χ4v) is 3.89. The summed E-state index contributed by atoms with van der Waals surface area (Å²) >= 11 is 0. The number of alkyl halides is 2. The summed E-state index contributed by atoms with van der Waals surface area (Å²) in [5.74, 6) is -0.155. The maximum atomic E-state index is 14.1. The number of nitrogens with one attached hydrogen (secondary N) is 2. The van der Waals surface area contributed by atoms with Crippen molar-refractivity contribution in [2.24, 2.45) is 7.05 Å². The predicted octanol–water partition coefficient (Wildman–Crippen LogP) is 3.93. The van der Waals surface area contributed by atoms with E-state index in [1.165, 1.54) is 36.0 Å². The first-order chi connectivity index (χ1) is 18.5. The quantitative estimate of drug-likeness (QED) is 0.333. The summed E-state index contributed by atoms with van der Waals surface area (Å²) in [6, 6.07) is 9.15. The normalized spacial score (nSPS) is 11.9. The summed E-state index contributed by atoms with van der Waals surface area (Å²) in [6.45, 7) is 5.46. The molecule has 0 saturated heterocycles. The minimum atomic E-state index is -2.80. The summed E-state index contributed by atoms with van der Waals surface area (Å²) in [5.41, 5.74) is 1.69. The van der Waals surface area contributed by atoms with E-state index in [4.69, 9.17) is 4.52 Å². The zero-order valence-corrected chi connectivity index (χ0v) is 21.5. The Morgan fingerprint density at radius 3 is 2.64 bits per heavy atom. The van der Waals surface area contributed by atoms with Crippen molar-refractivity contribution in [2.45, 2.75) is 39.2 Å². The van der Waals surface area contributed by atoms with Crippen molar-refractivity contribution in [1.29, 1.82) is 0 Å². The molecule has 2 N–H and O–H groups in total. The molecule has 0 atom stereocenters. The van der Waals surface area contributed by atoms with E-state index >= 15 is 0 Å². The second-order valence-electron chi connectivity index (χ2n) is 9.89. The van der Waals surface area contributed by atoms with Crippen molar-refractivity contribution >= 4 is 17.1 Å². The van der Waals surface area contributed by atoms with E-state index in [0.717, 1.165) is 0 Å². The van der Waals surface area contributed by atoms with Crippen LogP contribution in [-0.4, -0.2) is 40.8 Å². The zero-order chi connectivity index (χ0) is 27.9. The molecule has 11 nitrogen and oxygen atoms in total. The lowest BCUT2D eigenvalue weighted by atomic mass is 9.96. The van der Waals surface area contributed by atoms with Crippen molar-refractivity contribution in [3.05, 3.63) is 75.8 Å². The number of H-pyrrole nitrogens is 1. The molecular weight excluding hydrogens is 510 g/mol. The van der Waals surface area contributed by atoms with E-state index in [0.29, 0.717) is 39.6 Å². The zero-order valence-electron chi connectivity index (χ0n) is 21.5. The Labute approximate surface area is 220 Å². The van der Waals surface area contributed by atoms with Gasteiger partial charge in [0.25, 0.3) is 12.0 Å². The molecule has 0 spiro atoms. The summed E-state index contributed by atoms with van der Waals surface area (Å²) in [5, 5.41) is 10.6. The smallest absolute Gasteiger partial charge is 0.315 e. The van der Waals surface area contributed by atoms with Gasteiger partial charge in [-0.15, -0.1) is 0 Å². The Morgan fingerprint density at radius 2 is 1.95 bits per heavy atom. The van der Waals surface area contributed by atoms with Gasteiger partial charge in [0, 0.05) is 42.4 Å². The Balaban J connectivity index is 1.43. The maximum Gasteiger partial charge on any atom is 0.315 e. The van der Waals surface area contributed by atoms with Gasteiger partial charge in [-0.25, -0.2) is 23.4 Å². The van der Waals surface area contributed by atoms with Crippen LogP contribution in [0.5, 0.6) is 0 Å². The third-order valence-electron chi connectivity index (χ3n) is 6.01. The second-order valence-corrected chi connectivity index (χ2v) is 9.89. The molecule has 4 aromatic heterocycles. The van der Waals surface area contributed by atoms with E-state index in [1.807, 2.05) is 20.8 Å². The first-order valence-electron chi connectivity index (χ1n) is 11.9. The lowest BCUT2D eigenvalue weighted by Crippen LogP contribution is -2.24. The second kappa shape index (κ2) is 9.82. The maximum absolute atomic E-state index is 14.1. The third-order valence-corrected chi connectivity index (χ3v) is 6.01. The van der Waals surface area contributed by atoms with Crippen LogP contribution in [0.1, 0.15) is 54.8 Å². The first kappa shape index (κ1) is 25.8. The minimum absolute atomic E-state index is 0.164. The molecule has 13 heteroatoms. The Kier molecular flexibility index (Phi) is 6.50. The molecule has 1 aromatic carbocycles. The molecule has 0 fully saturated rings. The molecule has 0 saturated carbocycles. The Morgan fingerprint density at radius 1 is 1.15 bits per heavy atom. The van der Waals surface area contributed by atoms with Crippen molar-refractivity contribution in [2.75, 3.05) is 0 Å². The summed E-state index contributed by atoms with van der Waals surface area (Å²) in [7, 11) is 1.53. The molecule has 0 unspecified atom stereocenters. The standard InChI is InChI=1S/C26H24F2N8O3/c1-26(2,3)25-33-24(39-35-25)23(38)30-12-14-6-5-13(11-16(14)20(27)28)15-9-10-29-22-19(15)31-21(32-22)17-7-8-18(37)36(4)34-17/h5-11,20H,12H2,1-4H3,(H,30,38)(H,29,31,32). The number of aryl methyl sites for hydroxylation is 1. The highest BCUT2D eigenvalue weighted by Crippen LogP contribution is 2.32. The SMILES string of the molecule is Cn1nc(-c2nc3c(-c4ccc(CNC(=O)c5nc(C(C)(C)C)no5)c(C(F)F)c4)ccnc3[nH]2)ccc1=O. The van der Waals surface area contributed by atoms with Gasteiger partial charge >= 0.3 is 11.8 Å². The average Bonchev–Trinajstić information content (AvgIpc) is 3.57. The van der Waals surface area contributed by atoms with Crippen molar-refractivity contribution in [3.8, 4) is 22.6 Å². The van der Waals surface area contributed by atoms with Crippen LogP contribution in [0.15, 0.2) is 51.9 Å². The van der Waals surface area contributed by atoms with Gasteiger partial charge in [0.15, 0.2) is 17.3 Å². The fraction of sp³-hybridized carbons (Fsp3) is 0.269. The molecule has 1 amide bonds. The number of hydrogen-bond acceptors (Lipinski definition) is 8. The molecule has 0 radical (unpaired) electrons. The molecule has 0 aliphatic rings. The van der Waals surface area contributed by atoms with Gasteiger partial charge in [0.2, 0.25) is 0 Å². The monoisotopic (exact) mass is 534 g/mol. The lowest BCUT2D eigenvalue weighted by Gasteiger charge is -2.12. The van der Waals surface area contributed by atoms with Crippen LogP contribution in [0, 0.1) is 0 Å². The van der Waals surface area contributed by atoms with Gasteiger partial charge in [0.05, 0.1) is 0 Å². The van der Waals surface area contributed by atoms with Crippen LogP contribution in [0.4, 0.5) is 8.78 Å². The first-order valence-corrected chi connectivity index (χ1v) is 11.9. The molecule has 39 heavy (non-hydrogen) atoms. The highest BCUT2D eigenvalue weighted by molar-refractivity contribution is 5.91. The van der Waals surface area contributed by atoms with Crippen molar-refractivity contribution < 1.29 is 18.1 Å². The Bertz CT molecular complexity index is 1750. The molecule has 4 heterocycles. The van der Waals surface area contributed by atoms with E-state index in [2.05, 4.69) is 35.5 Å². The predicted molar refractivity (Wildman–Crippen MR) is 137 cm³/mol. The van der Waals surface area contributed by atoms with Gasteiger partial charge in [-0.05, 0) is 29.3 Å². The molecule has 0 bridgehead atoms. The number of rotatable bonds is 6. The molecular formula is C26H24F2N8O3. The summed E-state index contributed by atoms with van der Waals surface area (Å²) in [6.07, 6.45) is -1.25. The van der Waals surface area contributed by atoms with Crippen LogP contribution < -0.4 is 10.9 Å².